The van der Waals surface area contributed by atoms with E-state index < -0.39 is 35.0 Å². The Morgan fingerprint density at radius 2 is 1.28 bits per heavy atom. The number of esters is 2. The number of carbonyl (C=O) groups excluding carboxylic acids is 4. The summed E-state index contributed by atoms with van der Waals surface area (Å²) in [5.41, 5.74) is 14.2. The molecule has 0 aliphatic carbocycles. The minimum absolute atomic E-state index is 0.0143. The molecule has 16 nitrogen and oxygen atoms in total. The molecule has 4 aromatic rings. The summed E-state index contributed by atoms with van der Waals surface area (Å²) >= 11 is 25.9. The predicted octanol–water partition coefficient (Wildman–Crippen LogP) is 7.26. The van der Waals surface area contributed by atoms with E-state index in [2.05, 4.69) is 25.8 Å². The highest BCUT2D eigenvalue weighted by atomic mass is 35.5. The molecule has 2 heterocycles. The summed E-state index contributed by atoms with van der Waals surface area (Å²) in [4.78, 5) is 53.8. The smallest absolute Gasteiger partial charge is 0.325 e. The van der Waals surface area contributed by atoms with Crippen molar-refractivity contribution in [2.45, 2.75) is 13.8 Å². The monoisotopic (exact) mass is 818 g/mol. The van der Waals surface area contributed by atoms with Crippen LogP contribution in [-0.4, -0.2) is 69.6 Å². The second-order valence-corrected chi connectivity index (χ2v) is 12.3. The first kappa shape index (κ1) is 41.1. The Morgan fingerprint density at radius 3 is 1.72 bits per heavy atom. The Kier molecular flexibility index (Phi) is 14.0. The van der Waals surface area contributed by atoms with Gasteiger partial charge in [-0.1, -0.05) is 58.5 Å². The van der Waals surface area contributed by atoms with Crippen LogP contribution in [0.5, 0.6) is 11.5 Å². The number of nitrogens with zero attached hydrogens (tertiary/aromatic N) is 3. The fourth-order valence-electron chi connectivity index (χ4n) is 4.94. The van der Waals surface area contributed by atoms with Crippen molar-refractivity contribution in [3.63, 3.8) is 0 Å². The van der Waals surface area contributed by atoms with Crippen LogP contribution in [0.15, 0.2) is 65.1 Å². The standard InChI is InChI=1S/C34H30Cl4N8O8/c1-3-53-26(49)14-41-12-21(44-39)16-5-7-18(24(47)9-16)31(51)23-11-20(35)34(38)46(23)30-28(36)33(37)43-29(30)32(52)19-8-6-17(10-25(19)48)22(45-40)13-42-15-27(50)54-4-2/h5-13,39-43,47-48H,3-4,14-15H2,1-2H3/b21-12-,22-13-,44-39?,45-40?. The molecule has 0 saturated heterocycles. The Balaban J connectivity index is 1.70. The van der Waals surface area contributed by atoms with Crippen LogP contribution >= 0.6 is 46.4 Å². The van der Waals surface area contributed by atoms with E-state index >= 15 is 0 Å². The normalized spacial score (nSPS) is 11.5. The lowest BCUT2D eigenvalue weighted by atomic mass is 10.0. The van der Waals surface area contributed by atoms with E-state index in [0.717, 1.165) is 4.57 Å². The minimum atomic E-state index is -0.849. The molecular weight excluding hydrogens is 790 g/mol. The molecule has 0 unspecified atom stereocenters. The zero-order valence-electron chi connectivity index (χ0n) is 28.2. The van der Waals surface area contributed by atoms with Gasteiger partial charge in [0.15, 0.2) is 0 Å². The molecule has 0 spiro atoms. The van der Waals surface area contributed by atoms with Crippen LogP contribution in [0.2, 0.25) is 20.4 Å². The van der Waals surface area contributed by atoms with E-state index in [9.17, 15) is 29.4 Å². The van der Waals surface area contributed by atoms with Gasteiger partial charge in [-0.3, -0.25) is 23.7 Å². The van der Waals surface area contributed by atoms with Crippen LogP contribution in [0.4, 0.5) is 0 Å². The van der Waals surface area contributed by atoms with Gasteiger partial charge in [-0.2, -0.15) is 10.2 Å². The number of aromatic amines is 1. The summed E-state index contributed by atoms with van der Waals surface area (Å²) in [6.45, 7) is 3.28. The van der Waals surface area contributed by atoms with Gasteiger partial charge in [0.2, 0.25) is 11.6 Å². The van der Waals surface area contributed by atoms with Gasteiger partial charge >= 0.3 is 11.9 Å². The molecular formula is C34H30Cl4N8O8. The average molecular weight is 820 g/mol. The number of aromatic hydroxyl groups is 2. The van der Waals surface area contributed by atoms with Crippen molar-refractivity contribution >= 4 is 81.3 Å². The van der Waals surface area contributed by atoms with E-state index in [1.54, 1.807) is 13.8 Å². The van der Waals surface area contributed by atoms with E-state index in [1.807, 2.05) is 0 Å². The third kappa shape index (κ3) is 9.09. The van der Waals surface area contributed by atoms with Crippen LogP contribution in [0.3, 0.4) is 0 Å². The maximum absolute atomic E-state index is 14.0. The molecule has 2 aromatic heterocycles. The average Bonchev–Trinajstić information content (AvgIpc) is 3.60. The van der Waals surface area contributed by atoms with Gasteiger partial charge in [0.25, 0.3) is 0 Å². The quantitative estimate of drug-likeness (QED) is 0.0319. The summed E-state index contributed by atoms with van der Waals surface area (Å²) in [6.07, 6.45) is 2.52. The number of benzene rings is 2. The second-order valence-electron chi connectivity index (χ2n) is 10.8. The number of hydrogen-bond acceptors (Lipinski definition) is 14. The van der Waals surface area contributed by atoms with Gasteiger partial charge in [0.05, 0.1) is 40.7 Å². The van der Waals surface area contributed by atoms with Crippen LogP contribution in [0, 0.1) is 11.1 Å². The van der Waals surface area contributed by atoms with Crippen LogP contribution < -0.4 is 10.6 Å². The van der Waals surface area contributed by atoms with E-state index in [0.29, 0.717) is 0 Å². The van der Waals surface area contributed by atoms with Gasteiger partial charge in [0.1, 0.15) is 57.0 Å². The lowest BCUT2D eigenvalue weighted by Crippen LogP contribution is -2.20. The van der Waals surface area contributed by atoms with Crippen LogP contribution in [-0.2, 0) is 19.1 Å². The topological polar surface area (TPSA) is 244 Å². The zero-order chi connectivity index (χ0) is 39.7. The lowest BCUT2D eigenvalue weighted by Gasteiger charge is -2.13. The molecule has 0 amide bonds. The van der Waals surface area contributed by atoms with Gasteiger partial charge in [-0.25, -0.2) is 11.1 Å². The Morgan fingerprint density at radius 1 is 0.796 bits per heavy atom. The highest BCUT2D eigenvalue weighted by molar-refractivity contribution is 6.45. The van der Waals surface area contributed by atoms with Crippen LogP contribution in [0.1, 0.15) is 57.1 Å². The predicted molar refractivity (Wildman–Crippen MR) is 199 cm³/mol. The zero-order valence-corrected chi connectivity index (χ0v) is 31.2. The summed E-state index contributed by atoms with van der Waals surface area (Å²) in [5, 5.41) is 33.2. The number of ketones is 2. The number of rotatable bonds is 17. The van der Waals surface area contributed by atoms with Crippen molar-refractivity contribution in [3.05, 3.63) is 109 Å². The first-order valence-corrected chi connectivity index (χ1v) is 17.1. The van der Waals surface area contributed by atoms with Crippen molar-refractivity contribution in [1.82, 2.24) is 20.2 Å². The third-order valence-electron chi connectivity index (χ3n) is 7.35. The summed E-state index contributed by atoms with van der Waals surface area (Å²) in [6, 6.07) is 8.82. The molecule has 2 aromatic carbocycles. The molecule has 20 heteroatoms. The van der Waals surface area contributed by atoms with Crippen LogP contribution in [0.25, 0.3) is 17.1 Å². The number of carbonyl (C=O) groups is 4. The maximum atomic E-state index is 14.0. The van der Waals surface area contributed by atoms with Gasteiger partial charge < -0.3 is 35.3 Å². The summed E-state index contributed by atoms with van der Waals surface area (Å²) in [5.74, 6) is -3.81. The van der Waals surface area contributed by atoms with E-state index in [1.165, 1.54) is 54.9 Å². The number of phenols is 2. The summed E-state index contributed by atoms with van der Waals surface area (Å²) < 4.78 is 10.7. The number of hydrogen-bond donors (Lipinski definition) is 7. The molecule has 54 heavy (non-hydrogen) atoms. The molecule has 0 bridgehead atoms. The largest absolute Gasteiger partial charge is 0.507 e. The van der Waals surface area contributed by atoms with Gasteiger partial charge in [-0.15, -0.1) is 0 Å². The first-order valence-electron chi connectivity index (χ1n) is 15.6. The number of phenolic OH excluding ortho intramolecular Hbond substituents is 2. The molecule has 0 atom stereocenters. The Labute approximate surface area is 326 Å². The molecule has 0 aliphatic rings. The Hall–Kier alpha value is -5.68. The number of halogens is 4. The number of nitrogens with one attached hydrogen (secondary N) is 5. The van der Waals surface area contributed by atoms with Crippen molar-refractivity contribution in [2.75, 3.05) is 26.3 Å². The number of aromatic nitrogens is 2. The first-order chi connectivity index (χ1) is 25.8. The highest BCUT2D eigenvalue weighted by Gasteiger charge is 2.31. The minimum Gasteiger partial charge on any atom is -0.507 e. The fourth-order valence-corrected chi connectivity index (χ4v) is 5.77. The van der Waals surface area contributed by atoms with Crippen molar-refractivity contribution in [2.24, 2.45) is 10.2 Å². The van der Waals surface area contributed by atoms with Crippen molar-refractivity contribution < 1.29 is 38.9 Å². The second kappa shape index (κ2) is 18.4. The maximum Gasteiger partial charge on any atom is 0.325 e. The molecule has 0 fully saturated rings. The molecule has 282 valence electrons. The molecule has 0 aliphatic heterocycles. The van der Waals surface area contributed by atoms with Crippen molar-refractivity contribution in [1.29, 1.82) is 11.1 Å². The SMILES string of the molecule is CCOC(=O)CN/C=C(\N=N)c1ccc(C(=O)c2[nH]c(Cl)c(Cl)c2-n2c(C(=O)c3ccc(/C(=C/NCC(=O)OCC)N=N)cc3O)cc(Cl)c2Cl)c(O)c1. The highest BCUT2D eigenvalue weighted by Crippen LogP contribution is 2.41. The van der Waals surface area contributed by atoms with Gasteiger partial charge in [-0.05, 0) is 44.2 Å². The lowest BCUT2D eigenvalue weighted by molar-refractivity contribution is -0.142. The molecule has 0 radical (unpaired) electrons. The molecule has 0 saturated carbocycles. The van der Waals surface area contributed by atoms with E-state index in [-0.39, 0.29) is 97.4 Å². The van der Waals surface area contributed by atoms with E-state index in [4.69, 9.17) is 66.9 Å². The number of ether oxygens (including phenoxy) is 2. The molecule has 7 N–H and O–H groups in total. The molecule has 4 rings (SSSR count). The Bertz CT molecular complexity index is 2060. The van der Waals surface area contributed by atoms with Gasteiger partial charge in [0, 0.05) is 23.5 Å². The summed E-state index contributed by atoms with van der Waals surface area (Å²) in [7, 11) is 0. The fraction of sp³-hybridized carbons (Fsp3) is 0.176. The van der Waals surface area contributed by atoms with Crippen molar-refractivity contribution in [3.8, 4) is 17.2 Å². The third-order valence-corrected chi connectivity index (χ3v) is 8.86. The number of H-pyrrole nitrogens is 1.